The molecule has 94 valence electrons. The van der Waals surface area contributed by atoms with E-state index in [0.717, 1.165) is 25.2 Å². The van der Waals surface area contributed by atoms with Gasteiger partial charge in [-0.2, -0.15) is 0 Å². The fourth-order valence-corrected chi connectivity index (χ4v) is 2.39. The molecule has 0 saturated carbocycles. The Labute approximate surface area is 104 Å². The van der Waals surface area contributed by atoms with E-state index in [-0.39, 0.29) is 6.04 Å². The van der Waals surface area contributed by atoms with E-state index < -0.39 is 0 Å². The van der Waals surface area contributed by atoms with Gasteiger partial charge in [0, 0.05) is 12.5 Å². The molecule has 1 aromatic carbocycles. The molecule has 0 aliphatic carbocycles. The third kappa shape index (κ3) is 3.22. The van der Waals surface area contributed by atoms with Crippen molar-refractivity contribution in [2.24, 2.45) is 5.73 Å². The van der Waals surface area contributed by atoms with E-state index in [2.05, 4.69) is 25.1 Å². The summed E-state index contributed by atoms with van der Waals surface area (Å²) in [6.45, 7) is 3.06. The highest BCUT2D eigenvalue weighted by Crippen LogP contribution is 2.28. The maximum absolute atomic E-state index is 6.23. The lowest BCUT2D eigenvalue weighted by atomic mass is 9.98. The first kappa shape index (κ1) is 12.4. The van der Waals surface area contributed by atoms with Crippen molar-refractivity contribution in [1.82, 2.24) is 0 Å². The van der Waals surface area contributed by atoms with Crippen molar-refractivity contribution in [3.05, 3.63) is 29.3 Å². The zero-order valence-electron chi connectivity index (χ0n) is 10.7. The summed E-state index contributed by atoms with van der Waals surface area (Å²) in [5, 5.41) is 0. The lowest BCUT2D eigenvalue weighted by Gasteiger charge is -2.13. The Morgan fingerprint density at radius 3 is 3.00 bits per heavy atom. The van der Waals surface area contributed by atoms with E-state index in [1.165, 1.54) is 36.8 Å². The second kappa shape index (κ2) is 6.06. The number of fused-ring (bicyclic) bond motifs is 1. The van der Waals surface area contributed by atoms with Crippen LogP contribution in [0.25, 0.3) is 0 Å². The lowest BCUT2D eigenvalue weighted by Crippen LogP contribution is -2.10. The van der Waals surface area contributed by atoms with Gasteiger partial charge in [0.2, 0.25) is 0 Å². The summed E-state index contributed by atoms with van der Waals surface area (Å²) < 4.78 is 5.51. The molecule has 1 aliphatic rings. The minimum atomic E-state index is 0.192. The minimum Gasteiger partial charge on any atom is -0.493 e. The lowest BCUT2D eigenvalue weighted by molar-refractivity contribution is 0.357. The van der Waals surface area contributed by atoms with Crippen molar-refractivity contribution in [2.45, 2.75) is 51.5 Å². The van der Waals surface area contributed by atoms with Crippen LogP contribution in [-0.2, 0) is 6.42 Å². The monoisotopic (exact) mass is 233 g/mol. The summed E-state index contributed by atoms with van der Waals surface area (Å²) in [5.74, 6) is 1.05. The number of ether oxygens (including phenoxy) is 1. The van der Waals surface area contributed by atoms with Crippen LogP contribution in [0, 0.1) is 0 Å². The van der Waals surface area contributed by atoms with E-state index in [4.69, 9.17) is 10.5 Å². The van der Waals surface area contributed by atoms with Crippen LogP contribution in [0.4, 0.5) is 0 Å². The van der Waals surface area contributed by atoms with Gasteiger partial charge in [-0.25, -0.2) is 0 Å². The van der Waals surface area contributed by atoms with Gasteiger partial charge in [0.05, 0.1) is 6.61 Å². The zero-order valence-corrected chi connectivity index (χ0v) is 10.7. The Morgan fingerprint density at radius 2 is 2.18 bits per heavy atom. The molecule has 17 heavy (non-hydrogen) atoms. The molecular formula is C15H23NO. The molecular weight excluding hydrogens is 210 g/mol. The maximum atomic E-state index is 6.23. The molecule has 1 unspecified atom stereocenters. The molecule has 1 aromatic rings. The summed E-state index contributed by atoms with van der Waals surface area (Å²) in [7, 11) is 0. The predicted molar refractivity (Wildman–Crippen MR) is 71.3 cm³/mol. The van der Waals surface area contributed by atoms with Crippen LogP contribution >= 0.6 is 0 Å². The Hall–Kier alpha value is -1.02. The number of nitrogens with two attached hydrogens (primary N) is 1. The number of hydrogen-bond donors (Lipinski definition) is 1. The van der Waals surface area contributed by atoms with E-state index in [0.29, 0.717) is 0 Å². The van der Waals surface area contributed by atoms with Gasteiger partial charge in [-0.05, 0) is 23.6 Å². The first-order chi connectivity index (χ1) is 8.31. The van der Waals surface area contributed by atoms with Gasteiger partial charge in [-0.3, -0.25) is 0 Å². The molecule has 0 fully saturated rings. The van der Waals surface area contributed by atoms with E-state index in [1.54, 1.807) is 0 Å². The summed E-state index contributed by atoms with van der Waals surface area (Å²) in [6.07, 6.45) is 7.28. The molecule has 2 heteroatoms. The van der Waals surface area contributed by atoms with Gasteiger partial charge in [0.15, 0.2) is 0 Å². The summed E-state index contributed by atoms with van der Waals surface area (Å²) in [5.41, 5.74) is 8.83. The number of rotatable bonds is 6. The highest BCUT2D eigenvalue weighted by atomic mass is 16.5. The van der Waals surface area contributed by atoms with Crippen LogP contribution in [0.3, 0.4) is 0 Å². The standard InChI is InChI=1S/C15H23NO/c1-2-3-4-5-6-14(16)12-7-8-15-13(11-12)9-10-17-15/h7-8,11,14H,2-6,9-10,16H2,1H3. The van der Waals surface area contributed by atoms with E-state index >= 15 is 0 Å². The average Bonchev–Trinajstić information content (AvgIpc) is 2.81. The second-order valence-corrected chi connectivity index (χ2v) is 4.92. The normalized spacial score (nSPS) is 15.4. The van der Waals surface area contributed by atoms with Crippen molar-refractivity contribution in [2.75, 3.05) is 6.61 Å². The molecule has 2 nitrogen and oxygen atoms in total. The van der Waals surface area contributed by atoms with E-state index in [9.17, 15) is 0 Å². The molecule has 0 aromatic heterocycles. The smallest absolute Gasteiger partial charge is 0.122 e. The third-order valence-corrected chi connectivity index (χ3v) is 3.51. The quantitative estimate of drug-likeness (QED) is 0.762. The van der Waals surface area contributed by atoms with Gasteiger partial charge >= 0.3 is 0 Å². The number of hydrogen-bond acceptors (Lipinski definition) is 2. The zero-order chi connectivity index (χ0) is 12.1. The van der Waals surface area contributed by atoms with Crippen molar-refractivity contribution < 1.29 is 4.74 Å². The van der Waals surface area contributed by atoms with Crippen molar-refractivity contribution in [3.8, 4) is 5.75 Å². The van der Waals surface area contributed by atoms with Crippen LogP contribution < -0.4 is 10.5 Å². The van der Waals surface area contributed by atoms with Gasteiger partial charge < -0.3 is 10.5 Å². The van der Waals surface area contributed by atoms with Gasteiger partial charge in [0.1, 0.15) is 5.75 Å². The molecule has 1 heterocycles. The van der Waals surface area contributed by atoms with Crippen LogP contribution in [-0.4, -0.2) is 6.61 Å². The first-order valence-electron chi connectivity index (χ1n) is 6.82. The molecule has 0 amide bonds. The maximum Gasteiger partial charge on any atom is 0.122 e. The number of unbranched alkanes of at least 4 members (excludes halogenated alkanes) is 3. The highest BCUT2D eigenvalue weighted by molar-refractivity contribution is 5.40. The van der Waals surface area contributed by atoms with Crippen molar-refractivity contribution in [1.29, 1.82) is 0 Å². The molecule has 2 N–H and O–H groups in total. The average molecular weight is 233 g/mol. The predicted octanol–water partition coefficient (Wildman–Crippen LogP) is 3.59. The van der Waals surface area contributed by atoms with Crippen molar-refractivity contribution >= 4 is 0 Å². The minimum absolute atomic E-state index is 0.192. The van der Waals surface area contributed by atoms with Crippen LogP contribution in [0.5, 0.6) is 5.75 Å². The van der Waals surface area contributed by atoms with Crippen LogP contribution in [0.15, 0.2) is 18.2 Å². The Kier molecular flexibility index (Phi) is 4.43. The largest absolute Gasteiger partial charge is 0.493 e. The molecule has 0 saturated heterocycles. The van der Waals surface area contributed by atoms with Crippen LogP contribution in [0.2, 0.25) is 0 Å². The van der Waals surface area contributed by atoms with E-state index in [1.807, 2.05) is 0 Å². The molecule has 2 rings (SSSR count). The topological polar surface area (TPSA) is 35.2 Å². The molecule has 0 radical (unpaired) electrons. The highest BCUT2D eigenvalue weighted by Gasteiger charge is 2.14. The first-order valence-corrected chi connectivity index (χ1v) is 6.82. The molecule has 1 aliphatic heterocycles. The summed E-state index contributed by atoms with van der Waals surface area (Å²) >= 11 is 0. The van der Waals surface area contributed by atoms with Crippen LogP contribution in [0.1, 0.15) is 56.2 Å². The Balaban J connectivity index is 1.88. The number of benzene rings is 1. The summed E-state index contributed by atoms with van der Waals surface area (Å²) in [6, 6.07) is 6.61. The van der Waals surface area contributed by atoms with Gasteiger partial charge in [-0.15, -0.1) is 0 Å². The van der Waals surface area contributed by atoms with Gasteiger partial charge in [0.25, 0.3) is 0 Å². The third-order valence-electron chi connectivity index (χ3n) is 3.51. The Bertz CT molecular complexity index is 362. The SMILES string of the molecule is CCCCCCC(N)c1ccc2c(c1)CCO2. The summed E-state index contributed by atoms with van der Waals surface area (Å²) in [4.78, 5) is 0. The van der Waals surface area contributed by atoms with Crippen molar-refractivity contribution in [3.63, 3.8) is 0 Å². The molecule has 0 bridgehead atoms. The molecule has 1 atom stereocenters. The molecule has 0 spiro atoms. The Morgan fingerprint density at radius 1 is 1.29 bits per heavy atom. The second-order valence-electron chi connectivity index (χ2n) is 4.92. The van der Waals surface area contributed by atoms with Gasteiger partial charge in [-0.1, -0.05) is 44.7 Å². The fourth-order valence-electron chi connectivity index (χ4n) is 2.39. The fraction of sp³-hybridized carbons (Fsp3) is 0.600.